The maximum Gasteiger partial charge on any atom is 0.252 e. The second-order valence-electron chi connectivity index (χ2n) is 2.19. The summed E-state index contributed by atoms with van der Waals surface area (Å²) in [4.78, 5) is 22.2. The Morgan fingerprint density at radius 3 is 2.64 bits per heavy atom. The minimum atomic E-state index is -0.326. The first-order valence-electron chi connectivity index (χ1n) is 3.64. The van der Waals surface area contributed by atoms with Crippen molar-refractivity contribution in [2.24, 2.45) is 0 Å². The van der Waals surface area contributed by atoms with Crippen molar-refractivity contribution in [3.05, 3.63) is 12.7 Å². The number of imide groups is 1. The van der Waals surface area contributed by atoms with Crippen molar-refractivity contribution < 1.29 is 9.59 Å². The van der Waals surface area contributed by atoms with Crippen LogP contribution in [0.4, 0.5) is 0 Å². The molecular formula is C8H13NO2. The Morgan fingerprint density at radius 1 is 1.64 bits per heavy atom. The van der Waals surface area contributed by atoms with E-state index in [1.165, 1.54) is 0 Å². The Labute approximate surface area is 66.7 Å². The summed E-state index contributed by atoms with van der Waals surface area (Å²) in [7, 11) is 0. The molecule has 11 heavy (non-hydrogen) atoms. The predicted octanol–water partition coefficient (Wildman–Crippen LogP) is 0.957. The van der Waals surface area contributed by atoms with E-state index in [1.807, 2.05) is 6.92 Å². The van der Waals surface area contributed by atoms with E-state index >= 15 is 0 Å². The van der Waals surface area contributed by atoms with Gasteiger partial charge in [-0.05, 0) is 12.5 Å². The van der Waals surface area contributed by atoms with Gasteiger partial charge in [-0.1, -0.05) is 19.9 Å². The minimum Gasteiger partial charge on any atom is -0.282 e. The van der Waals surface area contributed by atoms with Crippen LogP contribution in [0.25, 0.3) is 0 Å². The van der Waals surface area contributed by atoms with Gasteiger partial charge in [-0.25, -0.2) is 0 Å². The third kappa shape index (κ3) is 3.55. The molecule has 0 atom stereocenters. The van der Waals surface area contributed by atoms with E-state index in [0.717, 1.165) is 23.8 Å². The Balaban J connectivity index is 3.84. The number of unbranched alkanes of at least 4 members (excludes halogenated alkanes) is 1. The van der Waals surface area contributed by atoms with E-state index in [-0.39, 0.29) is 5.91 Å². The number of carbonyl (C=O) groups is 2. The molecule has 0 aliphatic heterocycles. The quantitative estimate of drug-likeness (QED) is 0.438. The zero-order chi connectivity index (χ0) is 8.69. The fraction of sp³-hybridized carbons (Fsp3) is 0.500. The van der Waals surface area contributed by atoms with Crippen molar-refractivity contribution in [1.29, 1.82) is 0 Å². The van der Waals surface area contributed by atoms with Crippen molar-refractivity contribution in [3.8, 4) is 0 Å². The van der Waals surface area contributed by atoms with Crippen LogP contribution in [-0.2, 0) is 9.59 Å². The van der Waals surface area contributed by atoms with Crippen LogP contribution < -0.4 is 0 Å². The lowest BCUT2D eigenvalue weighted by atomic mass is 10.3. The van der Waals surface area contributed by atoms with E-state index in [1.54, 1.807) is 0 Å². The molecule has 0 aliphatic rings. The molecule has 0 aromatic heterocycles. The van der Waals surface area contributed by atoms with Crippen LogP contribution >= 0.6 is 0 Å². The molecule has 0 spiro atoms. The number of hydrogen-bond acceptors (Lipinski definition) is 2. The fourth-order valence-corrected chi connectivity index (χ4v) is 0.661. The third-order valence-electron chi connectivity index (χ3n) is 1.34. The summed E-state index contributed by atoms with van der Waals surface area (Å²) in [5.74, 6) is -0.326. The van der Waals surface area contributed by atoms with Gasteiger partial charge in [-0.2, -0.15) is 0 Å². The van der Waals surface area contributed by atoms with Crippen molar-refractivity contribution >= 4 is 12.3 Å². The van der Waals surface area contributed by atoms with Gasteiger partial charge in [0.15, 0.2) is 0 Å². The van der Waals surface area contributed by atoms with E-state index < -0.39 is 0 Å². The Hall–Kier alpha value is -1.12. The molecule has 3 heteroatoms. The van der Waals surface area contributed by atoms with Crippen LogP contribution in [0.3, 0.4) is 0 Å². The lowest BCUT2D eigenvalue weighted by Crippen LogP contribution is -2.28. The molecule has 0 aromatic rings. The first-order chi connectivity index (χ1) is 5.26. The van der Waals surface area contributed by atoms with Crippen molar-refractivity contribution in [2.75, 3.05) is 6.54 Å². The molecule has 0 saturated heterocycles. The standard InChI is InChI=1S/C8H13NO2/c1-3-5-6-9(7-10)8(11)4-2/h4,7H,2-3,5-6H2,1H3. The Kier molecular flexibility index (Phi) is 5.07. The molecule has 0 bridgehead atoms. The molecule has 0 heterocycles. The fourth-order valence-electron chi connectivity index (χ4n) is 0.661. The Bertz CT molecular complexity index is 154. The van der Waals surface area contributed by atoms with Gasteiger partial charge < -0.3 is 0 Å². The van der Waals surface area contributed by atoms with E-state index in [9.17, 15) is 9.59 Å². The summed E-state index contributed by atoms with van der Waals surface area (Å²) < 4.78 is 0. The molecule has 0 saturated carbocycles. The van der Waals surface area contributed by atoms with Gasteiger partial charge in [-0.15, -0.1) is 0 Å². The molecule has 0 N–H and O–H groups in total. The minimum absolute atomic E-state index is 0.326. The van der Waals surface area contributed by atoms with Crippen LogP contribution in [0.15, 0.2) is 12.7 Å². The summed E-state index contributed by atoms with van der Waals surface area (Å²) in [5, 5.41) is 0. The van der Waals surface area contributed by atoms with Crippen LogP contribution in [0.1, 0.15) is 19.8 Å². The molecule has 62 valence electrons. The summed E-state index contributed by atoms with van der Waals surface area (Å²) in [6.45, 7) is 5.78. The van der Waals surface area contributed by atoms with Crippen molar-refractivity contribution in [3.63, 3.8) is 0 Å². The second kappa shape index (κ2) is 5.65. The molecule has 2 amide bonds. The van der Waals surface area contributed by atoms with E-state index in [0.29, 0.717) is 13.0 Å². The topological polar surface area (TPSA) is 37.4 Å². The summed E-state index contributed by atoms with van der Waals surface area (Å²) >= 11 is 0. The van der Waals surface area contributed by atoms with Crippen molar-refractivity contribution in [1.82, 2.24) is 4.90 Å². The van der Waals surface area contributed by atoms with Gasteiger partial charge in [0.2, 0.25) is 6.41 Å². The number of nitrogens with zero attached hydrogens (tertiary/aromatic N) is 1. The zero-order valence-electron chi connectivity index (χ0n) is 6.75. The highest BCUT2D eigenvalue weighted by molar-refractivity contribution is 5.94. The number of hydrogen-bond donors (Lipinski definition) is 0. The van der Waals surface area contributed by atoms with Gasteiger partial charge in [0.25, 0.3) is 5.91 Å². The van der Waals surface area contributed by atoms with Gasteiger partial charge in [0, 0.05) is 6.54 Å². The molecule has 0 rings (SSSR count). The molecule has 3 nitrogen and oxygen atoms in total. The molecule has 0 aliphatic carbocycles. The van der Waals surface area contributed by atoms with E-state index in [2.05, 4.69) is 6.58 Å². The SMILES string of the molecule is C=CC(=O)N(C=O)CCCC. The summed E-state index contributed by atoms with van der Waals surface area (Å²) in [5.41, 5.74) is 0. The van der Waals surface area contributed by atoms with Crippen LogP contribution in [0.5, 0.6) is 0 Å². The highest BCUT2D eigenvalue weighted by Crippen LogP contribution is 1.92. The smallest absolute Gasteiger partial charge is 0.252 e. The normalized spacial score (nSPS) is 8.82. The number of rotatable bonds is 5. The van der Waals surface area contributed by atoms with E-state index in [4.69, 9.17) is 0 Å². The maximum absolute atomic E-state index is 10.8. The molecule has 0 unspecified atom stereocenters. The second-order valence-corrected chi connectivity index (χ2v) is 2.19. The van der Waals surface area contributed by atoms with Crippen LogP contribution in [0.2, 0.25) is 0 Å². The van der Waals surface area contributed by atoms with Gasteiger partial charge in [-0.3, -0.25) is 14.5 Å². The van der Waals surface area contributed by atoms with Crippen molar-refractivity contribution in [2.45, 2.75) is 19.8 Å². The predicted molar refractivity (Wildman–Crippen MR) is 42.9 cm³/mol. The summed E-state index contributed by atoms with van der Waals surface area (Å²) in [6, 6.07) is 0. The molecule has 0 fully saturated rings. The number of carbonyl (C=O) groups excluding carboxylic acids is 2. The number of amides is 2. The average Bonchev–Trinajstić information content (AvgIpc) is 2.05. The highest BCUT2D eigenvalue weighted by Gasteiger charge is 2.05. The third-order valence-corrected chi connectivity index (χ3v) is 1.34. The lowest BCUT2D eigenvalue weighted by Gasteiger charge is -2.11. The average molecular weight is 155 g/mol. The highest BCUT2D eigenvalue weighted by atomic mass is 16.2. The van der Waals surface area contributed by atoms with Gasteiger partial charge in [0.1, 0.15) is 0 Å². The molecule has 0 radical (unpaired) electrons. The monoisotopic (exact) mass is 155 g/mol. The van der Waals surface area contributed by atoms with Gasteiger partial charge >= 0.3 is 0 Å². The van der Waals surface area contributed by atoms with Crippen LogP contribution in [0, 0.1) is 0 Å². The summed E-state index contributed by atoms with van der Waals surface area (Å²) in [6.07, 6.45) is 3.50. The maximum atomic E-state index is 10.8. The molecular weight excluding hydrogens is 142 g/mol. The lowest BCUT2D eigenvalue weighted by molar-refractivity contribution is -0.134. The first-order valence-corrected chi connectivity index (χ1v) is 3.64. The largest absolute Gasteiger partial charge is 0.282 e. The van der Waals surface area contributed by atoms with Crippen LogP contribution in [-0.4, -0.2) is 23.8 Å². The molecule has 0 aromatic carbocycles. The van der Waals surface area contributed by atoms with Gasteiger partial charge in [0.05, 0.1) is 0 Å². The Morgan fingerprint density at radius 2 is 2.27 bits per heavy atom. The zero-order valence-corrected chi connectivity index (χ0v) is 6.75. The first kappa shape index (κ1) is 9.88.